The molecule has 2 aromatic rings. The van der Waals surface area contributed by atoms with Crippen LogP contribution >= 0.6 is 11.6 Å². The highest BCUT2D eigenvalue weighted by atomic mass is 35.5. The van der Waals surface area contributed by atoms with Crippen LogP contribution in [-0.4, -0.2) is 56.2 Å². The molecule has 0 aliphatic carbocycles. The maximum atomic E-state index is 13.2. The lowest BCUT2D eigenvalue weighted by atomic mass is 9.95. The Kier molecular flexibility index (Phi) is 7.15. The van der Waals surface area contributed by atoms with Gasteiger partial charge in [0.15, 0.2) is 0 Å². The molecule has 2 aliphatic rings. The van der Waals surface area contributed by atoms with Crippen molar-refractivity contribution in [1.82, 2.24) is 15.5 Å². The summed E-state index contributed by atoms with van der Waals surface area (Å²) in [6, 6.07) is 12.5. The SMILES string of the molecule is CCOC(=O)C1=C(CN2CCN(c3ccc(F)cc3)CC2)NC(=O)N[C@@H]1c1cccc(Cl)c1. The quantitative estimate of drug-likeness (QED) is 0.630. The van der Waals surface area contributed by atoms with Gasteiger partial charge in [-0.25, -0.2) is 14.0 Å². The van der Waals surface area contributed by atoms with Crippen LogP contribution in [0.15, 0.2) is 59.8 Å². The zero-order valence-corrected chi connectivity index (χ0v) is 19.1. The number of nitrogens with zero attached hydrogens (tertiary/aromatic N) is 2. The predicted octanol–water partition coefficient (Wildman–Crippen LogP) is 3.47. The average molecular weight is 473 g/mol. The number of nitrogens with one attached hydrogen (secondary N) is 2. The van der Waals surface area contributed by atoms with Crippen molar-refractivity contribution < 1.29 is 18.7 Å². The van der Waals surface area contributed by atoms with Crippen LogP contribution in [0.3, 0.4) is 0 Å². The summed E-state index contributed by atoms with van der Waals surface area (Å²) in [5, 5.41) is 6.16. The highest BCUT2D eigenvalue weighted by Gasteiger charge is 2.34. The number of hydrogen-bond donors (Lipinski definition) is 2. The number of carbonyl (C=O) groups excluding carboxylic acids is 2. The Bertz CT molecular complexity index is 1050. The summed E-state index contributed by atoms with van der Waals surface area (Å²) in [4.78, 5) is 29.8. The molecule has 33 heavy (non-hydrogen) atoms. The van der Waals surface area contributed by atoms with Gasteiger partial charge in [-0.3, -0.25) is 4.90 Å². The van der Waals surface area contributed by atoms with E-state index in [-0.39, 0.29) is 18.5 Å². The largest absolute Gasteiger partial charge is 0.463 e. The highest BCUT2D eigenvalue weighted by Crippen LogP contribution is 2.30. The van der Waals surface area contributed by atoms with Gasteiger partial charge in [-0.15, -0.1) is 0 Å². The molecule has 2 aliphatic heterocycles. The first kappa shape index (κ1) is 23.1. The summed E-state index contributed by atoms with van der Waals surface area (Å²) in [7, 11) is 0. The molecule has 2 aromatic carbocycles. The minimum absolute atomic E-state index is 0.224. The van der Waals surface area contributed by atoms with E-state index in [1.54, 1.807) is 37.3 Å². The van der Waals surface area contributed by atoms with Crippen molar-refractivity contribution in [2.75, 3.05) is 44.2 Å². The molecule has 174 valence electrons. The fourth-order valence-corrected chi connectivity index (χ4v) is 4.37. The van der Waals surface area contributed by atoms with Gasteiger partial charge in [0.2, 0.25) is 0 Å². The van der Waals surface area contributed by atoms with Crippen molar-refractivity contribution in [2.24, 2.45) is 0 Å². The van der Waals surface area contributed by atoms with Gasteiger partial charge < -0.3 is 20.3 Å². The first-order valence-electron chi connectivity index (χ1n) is 10.9. The highest BCUT2D eigenvalue weighted by molar-refractivity contribution is 6.30. The average Bonchev–Trinajstić information content (AvgIpc) is 2.80. The van der Waals surface area contributed by atoms with Crippen molar-refractivity contribution in [3.8, 4) is 0 Å². The van der Waals surface area contributed by atoms with Gasteiger partial charge in [0.1, 0.15) is 5.82 Å². The molecule has 1 fully saturated rings. The van der Waals surface area contributed by atoms with E-state index in [1.807, 2.05) is 6.07 Å². The summed E-state index contributed by atoms with van der Waals surface area (Å²) in [5.74, 6) is -0.735. The molecule has 0 saturated carbocycles. The normalized spacial score (nSPS) is 19.2. The lowest BCUT2D eigenvalue weighted by Gasteiger charge is -2.38. The first-order valence-corrected chi connectivity index (χ1v) is 11.3. The molecule has 2 amide bonds. The molecule has 0 bridgehead atoms. The Balaban J connectivity index is 1.55. The number of rotatable bonds is 6. The molecule has 2 N–H and O–H groups in total. The van der Waals surface area contributed by atoms with Crippen LogP contribution in [0.4, 0.5) is 14.9 Å². The monoisotopic (exact) mass is 472 g/mol. The number of hydrogen-bond acceptors (Lipinski definition) is 5. The van der Waals surface area contributed by atoms with E-state index < -0.39 is 12.0 Å². The smallest absolute Gasteiger partial charge is 0.338 e. The third kappa shape index (κ3) is 5.46. The second-order valence-corrected chi connectivity index (χ2v) is 8.38. The van der Waals surface area contributed by atoms with Crippen molar-refractivity contribution in [1.29, 1.82) is 0 Å². The fourth-order valence-electron chi connectivity index (χ4n) is 4.17. The number of amides is 2. The van der Waals surface area contributed by atoms with Gasteiger partial charge in [0.05, 0.1) is 18.2 Å². The number of piperazine rings is 1. The van der Waals surface area contributed by atoms with Gasteiger partial charge in [0.25, 0.3) is 0 Å². The van der Waals surface area contributed by atoms with Crippen LogP contribution in [0.2, 0.25) is 5.02 Å². The van der Waals surface area contributed by atoms with E-state index in [0.29, 0.717) is 28.4 Å². The van der Waals surface area contributed by atoms with Gasteiger partial charge in [0, 0.05) is 49.1 Å². The van der Waals surface area contributed by atoms with E-state index in [2.05, 4.69) is 20.4 Å². The number of urea groups is 1. The van der Waals surface area contributed by atoms with Crippen LogP contribution in [0.1, 0.15) is 18.5 Å². The second kappa shape index (κ2) is 10.2. The topological polar surface area (TPSA) is 73.9 Å². The summed E-state index contributed by atoms with van der Waals surface area (Å²) >= 11 is 6.16. The molecule has 0 radical (unpaired) electrons. The van der Waals surface area contributed by atoms with Gasteiger partial charge in [-0.1, -0.05) is 23.7 Å². The molecule has 0 spiro atoms. The fraction of sp³-hybridized carbons (Fsp3) is 0.333. The van der Waals surface area contributed by atoms with Crippen molar-refractivity contribution in [3.05, 3.63) is 76.2 Å². The molecular formula is C24H26ClFN4O3. The predicted molar refractivity (Wildman–Crippen MR) is 125 cm³/mol. The van der Waals surface area contributed by atoms with Crippen LogP contribution in [0, 0.1) is 5.82 Å². The third-order valence-electron chi connectivity index (χ3n) is 5.78. The molecule has 4 rings (SSSR count). The van der Waals surface area contributed by atoms with Crippen LogP contribution in [0.25, 0.3) is 0 Å². The van der Waals surface area contributed by atoms with E-state index >= 15 is 0 Å². The molecule has 2 heterocycles. The zero-order valence-electron chi connectivity index (χ0n) is 18.3. The number of ether oxygens (including phenoxy) is 1. The van der Waals surface area contributed by atoms with E-state index in [1.165, 1.54) is 12.1 Å². The van der Waals surface area contributed by atoms with Crippen molar-refractivity contribution in [3.63, 3.8) is 0 Å². The summed E-state index contributed by atoms with van der Waals surface area (Å²) in [6.45, 7) is 5.31. The standard InChI is InChI=1S/C24H26ClFN4O3/c1-2-33-23(31)21-20(27-24(32)28-22(21)16-4-3-5-17(25)14-16)15-29-10-12-30(13-11-29)19-8-6-18(26)7-9-19/h3-9,14,22H,2,10-13,15H2,1H3,(H2,27,28,32)/t22-/m1/s1. The minimum Gasteiger partial charge on any atom is -0.463 e. The van der Waals surface area contributed by atoms with Crippen molar-refractivity contribution >= 4 is 29.3 Å². The molecule has 1 atom stereocenters. The molecule has 0 aromatic heterocycles. The third-order valence-corrected chi connectivity index (χ3v) is 6.01. The maximum Gasteiger partial charge on any atom is 0.338 e. The van der Waals surface area contributed by atoms with Crippen LogP contribution in [0.5, 0.6) is 0 Å². The Labute approximate surface area is 197 Å². The lowest BCUT2D eigenvalue weighted by Crippen LogP contribution is -2.51. The Morgan fingerprint density at radius 1 is 1.15 bits per heavy atom. The van der Waals surface area contributed by atoms with E-state index in [0.717, 1.165) is 31.9 Å². The van der Waals surface area contributed by atoms with Crippen molar-refractivity contribution in [2.45, 2.75) is 13.0 Å². The molecule has 7 nitrogen and oxygen atoms in total. The minimum atomic E-state index is -0.660. The number of esters is 1. The number of carbonyl (C=O) groups is 2. The Morgan fingerprint density at radius 2 is 1.88 bits per heavy atom. The lowest BCUT2D eigenvalue weighted by molar-refractivity contribution is -0.139. The van der Waals surface area contributed by atoms with Crippen LogP contribution < -0.4 is 15.5 Å². The summed E-state index contributed by atoms with van der Waals surface area (Å²) in [6.07, 6.45) is 0. The summed E-state index contributed by atoms with van der Waals surface area (Å²) < 4.78 is 18.5. The molecule has 9 heteroatoms. The Hall–Kier alpha value is -3.10. The Morgan fingerprint density at radius 3 is 2.55 bits per heavy atom. The summed E-state index contributed by atoms with van der Waals surface area (Å²) in [5.41, 5.74) is 2.58. The number of benzene rings is 2. The number of halogens is 2. The van der Waals surface area contributed by atoms with Gasteiger partial charge in [-0.05, 0) is 48.9 Å². The zero-order chi connectivity index (χ0) is 23.4. The second-order valence-electron chi connectivity index (χ2n) is 7.94. The number of anilines is 1. The molecule has 1 saturated heterocycles. The first-order chi connectivity index (χ1) is 15.9. The van der Waals surface area contributed by atoms with Gasteiger partial charge in [-0.2, -0.15) is 0 Å². The molecule has 0 unspecified atom stereocenters. The van der Waals surface area contributed by atoms with Crippen LogP contribution in [-0.2, 0) is 9.53 Å². The van der Waals surface area contributed by atoms with E-state index in [9.17, 15) is 14.0 Å². The maximum absolute atomic E-state index is 13.2. The van der Waals surface area contributed by atoms with Gasteiger partial charge >= 0.3 is 12.0 Å². The van der Waals surface area contributed by atoms with E-state index in [4.69, 9.17) is 16.3 Å². The molecular weight excluding hydrogens is 447 g/mol.